The normalized spacial score (nSPS) is 12.4. The average Bonchev–Trinajstić information content (AvgIpc) is 2.23. The van der Waals surface area contributed by atoms with Gasteiger partial charge in [-0.2, -0.15) is 0 Å². The lowest BCUT2D eigenvalue weighted by Crippen LogP contribution is -2.13. The number of methoxy groups -OCH3 is 1. The van der Waals surface area contributed by atoms with Gasteiger partial charge in [0, 0.05) is 13.7 Å². The predicted octanol–water partition coefficient (Wildman–Crippen LogP) is 3.20. The van der Waals surface area contributed by atoms with E-state index >= 15 is 0 Å². The zero-order valence-corrected chi connectivity index (χ0v) is 10.3. The highest BCUT2D eigenvalue weighted by Gasteiger charge is 2.20. The standard InChI is InChI=1S/C11H12Cl2O3/c1-16-5-4-8(11(14)15)7-2-3-9(12)10(13)6-7/h2-3,6,8H,4-5H2,1H3,(H,14,15). The molecule has 0 spiro atoms. The summed E-state index contributed by atoms with van der Waals surface area (Å²) in [6.45, 7) is 0.386. The fourth-order valence-corrected chi connectivity index (χ4v) is 1.70. The maximum absolute atomic E-state index is 11.1. The monoisotopic (exact) mass is 262 g/mol. The molecule has 1 aromatic carbocycles. The molecule has 0 aliphatic rings. The fraction of sp³-hybridized carbons (Fsp3) is 0.364. The summed E-state index contributed by atoms with van der Waals surface area (Å²) < 4.78 is 4.88. The number of hydrogen-bond donors (Lipinski definition) is 1. The molecule has 16 heavy (non-hydrogen) atoms. The molecule has 0 aliphatic heterocycles. The Balaban J connectivity index is 2.92. The van der Waals surface area contributed by atoms with Gasteiger partial charge in [0.1, 0.15) is 0 Å². The molecule has 1 atom stereocenters. The van der Waals surface area contributed by atoms with Crippen LogP contribution >= 0.6 is 23.2 Å². The lowest BCUT2D eigenvalue weighted by molar-refractivity contribution is -0.139. The first kappa shape index (κ1) is 13.3. The largest absolute Gasteiger partial charge is 0.481 e. The highest BCUT2D eigenvalue weighted by Crippen LogP contribution is 2.28. The number of carboxylic acid groups (broad SMARTS) is 1. The van der Waals surface area contributed by atoms with Crippen LogP contribution in [0.15, 0.2) is 18.2 Å². The Morgan fingerprint density at radius 2 is 2.12 bits per heavy atom. The van der Waals surface area contributed by atoms with Gasteiger partial charge >= 0.3 is 5.97 Å². The van der Waals surface area contributed by atoms with Crippen molar-refractivity contribution < 1.29 is 14.6 Å². The Morgan fingerprint density at radius 1 is 1.44 bits per heavy atom. The van der Waals surface area contributed by atoms with Gasteiger partial charge in [-0.25, -0.2) is 0 Å². The first-order valence-corrected chi connectivity index (χ1v) is 5.48. The number of ether oxygens (including phenoxy) is 1. The maximum atomic E-state index is 11.1. The Bertz CT molecular complexity index is 379. The van der Waals surface area contributed by atoms with E-state index in [2.05, 4.69) is 0 Å². The smallest absolute Gasteiger partial charge is 0.311 e. The van der Waals surface area contributed by atoms with Crippen LogP contribution in [-0.4, -0.2) is 24.8 Å². The van der Waals surface area contributed by atoms with Crippen LogP contribution in [0.5, 0.6) is 0 Å². The van der Waals surface area contributed by atoms with Gasteiger partial charge in [-0.3, -0.25) is 4.79 Å². The molecule has 0 aliphatic carbocycles. The molecule has 0 amide bonds. The summed E-state index contributed by atoms with van der Waals surface area (Å²) in [5.74, 6) is -1.51. The highest BCUT2D eigenvalue weighted by molar-refractivity contribution is 6.42. The summed E-state index contributed by atoms with van der Waals surface area (Å²) in [6, 6.07) is 4.85. The first-order valence-electron chi connectivity index (χ1n) is 4.73. The van der Waals surface area contributed by atoms with Gasteiger partial charge in [-0.1, -0.05) is 29.3 Å². The molecule has 5 heteroatoms. The zero-order chi connectivity index (χ0) is 12.1. The van der Waals surface area contributed by atoms with E-state index in [0.717, 1.165) is 0 Å². The summed E-state index contributed by atoms with van der Waals surface area (Å²) in [4.78, 5) is 11.1. The molecule has 0 bridgehead atoms. The number of carboxylic acids is 1. The third-order valence-corrected chi connectivity index (χ3v) is 2.99. The average molecular weight is 263 g/mol. The van der Waals surface area contributed by atoms with E-state index in [0.29, 0.717) is 28.6 Å². The topological polar surface area (TPSA) is 46.5 Å². The first-order chi connectivity index (χ1) is 7.56. The van der Waals surface area contributed by atoms with Crippen LogP contribution in [0.25, 0.3) is 0 Å². The van der Waals surface area contributed by atoms with Crippen molar-refractivity contribution in [3.05, 3.63) is 33.8 Å². The van der Waals surface area contributed by atoms with Crippen LogP contribution in [0.2, 0.25) is 10.0 Å². The lowest BCUT2D eigenvalue weighted by atomic mass is 9.96. The van der Waals surface area contributed by atoms with Crippen molar-refractivity contribution in [3.8, 4) is 0 Å². The minimum absolute atomic E-state index is 0.364. The molecule has 88 valence electrons. The van der Waals surface area contributed by atoms with Crippen molar-refractivity contribution in [3.63, 3.8) is 0 Å². The SMILES string of the molecule is COCCC(C(=O)O)c1ccc(Cl)c(Cl)c1. The van der Waals surface area contributed by atoms with Crippen LogP contribution in [-0.2, 0) is 9.53 Å². The second kappa shape index (κ2) is 6.09. The molecular weight excluding hydrogens is 251 g/mol. The summed E-state index contributed by atoms with van der Waals surface area (Å²) in [7, 11) is 1.54. The van der Waals surface area contributed by atoms with Crippen molar-refractivity contribution in [1.82, 2.24) is 0 Å². The van der Waals surface area contributed by atoms with Crippen molar-refractivity contribution in [2.45, 2.75) is 12.3 Å². The molecule has 3 nitrogen and oxygen atoms in total. The number of benzene rings is 1. The summed E-state index contributed by atoms with van der Waals surface area (Å²) >= 11 is 11.6. The Kier molecular flexibility index (Phi) is 5.06. The molecule has 1 N–H and O–H groups in total. The van der Waals surface area contributed by atoms with E-state index in [1.807, 2.05) is 0 Å². The zero-order valence-electron chi connectivity index (χ0n) is 8.74. The minimum atomic E-state index is -0.893. The summed E-state index contributed by atoms with van der Waals surface area (Å²) in [6.07, 6.45) is 0.407. The van der Waals surface area contributed by atoms with E-state index in [1.54, 1.807) is 18.2 Å². The second-order valence-electron chi connectivity index (χ2n) is 3.35. The molecule has 0 heterocycles. The molecule has 0 saturated heterocycles. The molecule has 0 aromatic heterocycles. The number of halogens is 2. The molecule has 1 aromatic rings. The quantitative estimate of drug-likeness (QED) is 0.887. The summed E-state index contributed by atoms with van der Waals surface area (Å²) in [5, 5.41) is 9.86. The molecule has 1 unspecified atom stereocenters. The van der Waals surface area contributed by atoms with Gasteiger partial charge in [-0.05, 0) is 24.1 Å². The Labute approximate surface area is 104 Å². The van der Waals surface area contributed by atoms with Crippen LogP contribution in [0, 0.1) is 0 Å². The van der Waals surface area contributed by atoms with E-state index in [9.17, 15) is 4.79 Å². The van der Waals surface area contributed by atoms with Gasteiger partial charge in [0.2, 0.25) is 0 Å². The number of aliphatic carboxylic acids is 1. The molecule has 0 saturated carbocycles. The van der Waals surface area contributed by atoms with Crippen molar-refractivity contribution in [1.29, 1.82) is 0 Å². The van der Waals surface area contributed by atoms with Crippen molar-refractivity contribution >= 4 is 29.2 Å². The summed E-state index contributed by atoms with van der Waals surface area (Å²) in [5.41, 5.74) is 0.638. The van der Waals surface area contributed by atoms with E-state index < -0.39 is 11.9 Å². The van der Waals surface area contributed by atoms with Gasteiger partial charge < -0.3 is 9.84 Å². The van der Waals surface area contributed by atoms with Crippen LogP contribution in [0.1, 0.15) is 17.9 Å². The number of carbonyl (C=O) groups is 1. The molecule has 0 fully saturated rings. The van der Waals surface area contributed by atoms with Crippen molar-refractivity contribution in [2.24, 2.45) is 0 Å². The third-order valence-electron chi connectivity index (χ3n) is 2.25. The second-order valence-corrected chi connectivity index (χ2v) is 4.16. The third kappa shape index (κ3) is 3.37. The van der Waals surface area contributed by atoms with E-state index in [-0.39, 0.29) is 0 Å². The Morgan fingerprint density at radius 3 is 2.62 bits per heavy atom. The van der Waals surface area contributed by atoms with Gasteiger partial charge in [0.05, 0.1) is 16.0 Å². The van der Waals surface area contributed by atoms with Crippen LogP contribution in [0.4, 0.5) is 0 Å². The molecule has 1 rings (SSSR count). The van der Waals surface area contributed by atoms with E-state index in [4.69, 9.17) is 33.0 Å². The fourth-order valence-electron chi connectivity index (χ4n) is 1.40. The number of hydrogen-bond acceptors (Lipinski definition) is 2. The predicted molar refractivity (Wildman–Crippen MR) is 63.3 cm³/mol. The molecular formula is C11H12Cl2O3. The van der Waals surface area contributed by atoms with Crippen LogP contribution < -0.4 is 0 Å². The van der Waals surface area contributed by atoms with E-state index in [1.165, 1.54) is 7.11 Å². The maximum Gasteiger partial charge on any atom is 0.311 e. The van der Waals surface area contributed by atoms with Gasteiger partial charge in [0.25, 0.3) is 0 Å². The van der Waals surface area contributed by atoms with Crippen LogP contribution in [0.3, 0.4) is 0 Å². The molecule has 0 radical (unpaired) electrons. The highest BCUT2D eigenvalue weighted by atomic mass is 35.5. The minimum Gasteiger partial charge on any atom is -0.481 e. The van der Waals surface area contributed by atoms with Gasteiger partial charge in [-0.15, -0.1) is 0 Å². The number of rotatable bonds is 5. The Hall–Kier alpha value is -0.770. The van der Waals surface area contributed by atoms with Gasteiger partial charge in [0.15, 0.2) is 0 Å². The van der Waals surface area contributed by atoms with Crippen molar-refractivity contribution in [2.75, 3.05) is 13.7 Å². The lowest BCUT2D eigenvalue weighted by Gasteiger charge is -2.12.